The summed E-state index contributed by atoms with van der Waals surface area (Å²) in [5.74, 6) is -27.1. The molecule has 0 unspecified atom stereocenters. The molecule has 0 fully saturated rings. The van der Waals surface area contributed by atoms with E-state index in [1.807, 2.05) is 0 Å². The summed E-state index contributed by atoms with van der Waals surface area (Å²) < 4.78 is 180. The fraction of sp³-hybridized carbons (Fsp3) is 0.100. The summed E-state index contributed by atoms with van der Waals surface area (Å²) in [4.78, 5) is 0. The molecule has 0 heterocycles. The van der Waals surface area contributed by atoms with Crippen LogP contribution in [0.2, 0.25) is 0 Å². The Hall–Kier alpha value is -3.19. The first-order chi connectivity index (χ1) is 15.6. The van der Waals surface area contributed by atoms with E-state index < -0.39 is 93.0 Å². The quantitative estimate of drug-likeness (QED) is 0.206. The van der Waals surface area contributed by atoms with E-state index in [1.54, 1.807) is 0 Å². The highest BCUT2D eigenvalue weighted by Gasteiger charge is 2.42. The van der Waals surface area contributed by atoms with Crippen LogP contribution in [0.3, 0.4) is 0 Å². The molecule has 0 saturated carbocycles. The number of alkyl halides is 3. The van der Waals surface area contributed by atoms with Gasteiger partial charge in [0.1, 0.15) is 0 Å². The Labute approximate surface area is 181 Å². The smallest absolute Gasteiger partial charge is 0.204 e. The molecule has 14 heteroatoms. The monoisotopic (exact) mass is 504 g/mol. The van der Waals surface area contributed by atoms with Crippen LogP contribution < -0.4 is 16.4 Å². The van der Waals surface area contributed by atoms with Gasteiger partial charge in [-0.3, -0.25) is 0 Å². The molecule has 0 aromatic heterocycles. The molecule has 0 saturated heterocycles. The van der Waals surface area contributed by atoms with Crippen LogP contribution in [0, 0.1) is 65.1 Å². The molecule has 180 valence electrons. The third-order valence-corrected chi connectivity index (χ3v) is 4.83. The molecule has 3 aromatic carbocycles. The van der Waals surface area contributed by atoms with Gasteiger partial charge in [-0.15, -0.1) is 0 Å². The van der Waals surface area contributed by atoms with Crippen LogP contribution in [0.1, 0.15) is 11.1 Å². The Morgan fingerprint density at radius 3 is 1.15 bits per heavy atom. The van der Waals surface area contributed by atoms with Gasteiger partial charge in [-0.05, 0) is 13.0 Å². The lowest BCUT2D eigenvalue weighted by atomic mass is 9.36. The van der Waals surface area contributed by atoms with Crippen LogP contribution in [-0.2, 0) is 6.18 Å². The molecular formula is C20H6BF13. The van der Waals surface area contributed by atoms with Gasteiger partial charge in [-0.2, -0.15) is 13.2 Å². The summed E-state index contributed by atoms with van der Waals surface area (Å²) >= 11 is 0. The van der Waals surface area contributed by atoms with Gasteiger partial charge in [0, 0.05) is 10.9 Å². The number of aryl methyl sites for hydroxylation is 1. The fourth-order valence-electron chi connectivity index (χ4n) is 3.37. The van der Waals surface area contributed by atoms with E-state index in [1.165, 1.54) is 0 Å². The molecule has 0 aliphatic carbocycles. The van der Waals surface area contributed by atoms with E-state index in [4.69, 9.17) is 0 Å². The molecule has 3 aromatic rings. The van der Waals surface area contributed by atoms with Gasteiger partial charge in [0.2, 0.25) is 0 Å². The third kappa shape index (κ3) is 3.98. The van der Waals surface area contributed by atoms with E-state index in [0.717, 1.165) is 6.92 Å². The van der Waals surface area contributed by atoms with Crippen molar-refractivity contribution in [2.75, 3.05) is 0 Å². The van der Waals surface area contributed by atoms with E-state index in [2.05, 4.69) is 0 Å². The van der Waals surface area contributed by atoms with Gasteiger partial charge < -0.3 is 0 Å². The van der Waals surface area contributed by atoms with Crippen molar-refractivity contribution >= 4 is 23.1 Å². The Morgan fingerprint density at radius 1 is 0.500 bits per heavy atom. The molecule has 0 nitrogen and oxygen atoms in total. The summed E-state index contributed by atoms with van der Waals surface area (Å²) in [5, 5.41) is 0. The van der Waals surface area contributed by atoms with Crippen LogP contribution in [0.25, 0.3) is 0 Å². The summed E-state index contributed by atoms with van der Waals surface area (Å²) in [6.45, 7) is -2.11. The van der Waals surface area contributed by atoms with Crippen molar-refractivity contribution in [3.05, 3.63) is 87.5 Å². The summed E-state index contributed by atoms with van der Waals surface area (Å²) in [5.41, 5.74) is -7.40. The molecule has 0 amide bonds. The number of hydrogen-bond donors (Lipinski definition) is 0. The molecule has 0 aliphatic rings. The second-order valence-corrected chi connectivity index (χ2v) is 7.03. The zero-order chi connectivity index (χ0) is 25.9. The Balaban J connectivity index is 2.57. The summed E-state index contributed by atoms with van der Waals surface area (Å²) in [6.07, 6.45) is -5.18. The normalized spacial score (nSPS) is 11.8. The highest BCUT2D eigenvalue weighted by molar-refractivity contribution is 6.95. The fourth-order valence-corrected chi connectivity index (χ4v) is 3.37. The second-order valence-electron chi connectivity index (χ2n) is 7.03. The van der Waals surface area contributed by atoms with Crippen molar-refractivity contribution in [3.63, 3.8) is 0 Å². The number of hydrogen-bond acceptors (Lipinski definition) is 0. The van der Waals surface area contributed by atoms with Crippen LogP contribution in [0.15, 0.2) is 18.2 Å². The third-order valence-electron chi connectivity index (χ3n) is 4.83. The van der Waals surface area contributed by atoms with Gasteiger partial charge in [0.15, 0.2) is 58.2 Å². The maximum absolute atomic E-state index is 14.6. The first kappa shape index (κ1) is 25.4. The highest BCUT2D eigenvalue weighted by Crippen LogP contribution is 2.29. The molecule has 0 atom stereocenters. The topological polar surface area (TPSA) is 0 Å². The minimum atomic E-state index is -5.18. The summed E-state index contributed by atoms with van der Waals surface area (Å²) in [7, 11) is 0. The lowest BCUT2D eigenvalue weighted by Crippen LogP contribution is -2.58. The van der Waals surface area contributed by atoms with E-state index in [9.17, 15) is 57.1 Å². The zero-order valence-electron chi connectivity index (χ0n) is 16.2. The molecule has 0 spiro atoms. The van der Waals surface area contributed by atoms with Crippen LogP contribution in [0.5, 0.6) is 0 Å². The lowest BCUT2D eigenvalue weighted by Gasteiger charge is -2.21. The number of rotatable bonds is 3. The molecule has 0 bridgehead atoms. The van der Waals surface area contributed by atoms with Crippen LogP contribution in [0.4, 0.5) is 57.1 Å². The molecule has 34 heavy (non-hydrogen) atoms. The molecule has 3 rings (SSSR count). The Morgan fingerprint density at radius 2 is 0.824 bits per heavy atom. The molecule has 0 N–H and O–H groups in total. The van der Waals surface area contributed by atoms with Crippen molar-refractivity contribution in [1.29, 1.82) is 0 Å². The van der Waals surface area contributed by atoms with Gasteiger partial charge in [-0.25, -0.2) is 43.9 Å². The summed E-state index contributed by atoms with van der Waals surface area (Å²) in [6, 6.07) is 1.07. The van der Waals surface area contributed by atoms with Crippen molar-refractivity contribution in [2.24, 2.45) is 0 Å². The van der Waals surface area contributed by atoms with Crippen molar-refractivity contribution in [3.8, 4) is 0 Å². The average molecular weight is 504 g/mol. The Bertz CT molecular complexity index is 1190. The van der Waals surface area contributed by atoms with Crippen molar-refractivity contribution in [2.45, 2.75) is 13.1 Å². The maximum Gasteiger partial charge on any atom is 0.416 e. The van der Waals surface area contributed by atoms with Gasteiger partial charge >= 0.3 is 6.18 Å². The first-order valence-electron chi connectivity index (χ1n) is 8.80. The zero-order valence-corrected chi connectivity index (χ0v) is 16.2. The van der Waals surface area contributed by atoms with E-state index in [-0.39, 0.29) is 11.6 Å². The van der Waals surface area contributed by atoms with Gasteiger partial charge in [-0.1, -0.05) is 23.2 Å². The Kier molecular flexibility index (Phi) is 6.40. The average Bonchev–Trinajstić information content (AvgIpc) is 2.77. The molecular weight excluding hydrogens is 498 g/mol. The van der Waals surface area contributed by atoms with Crippen LogP contribution in [-0.4, -0.2) is 6.71 Å². The van der Waals surface area contributed by atoms with Gasteiger partial charge in [0.25, 0.3) is 6.71 Å². The predicted octanol–water partition coefficient (Wildman–Crippen LogP) is 4.92. The number of benzene rings is 3. The van der Waals surface area contributed by atoms with Crippen molar-refractivity contribution in [1.82, 2.24) is 0 Å². The predicted molar refractivity (Wildman–Crippen MR) is 93.3 cm³/mol. The second kappa shape index (κ2) is 8.55. The van der Waals surface area contributed by atoms with E-state index in [0.29, 0.717) is 12.1 Å². The van der Waals surface area contributed by atoms with Gasteiger partial charge in [0.05, 0.1) is 5.56 Å². The SMILES string of the molecule is Cc1cc(B(c2c(F)c(F)c(F)c(F)c2F)c2c(F)c(F)c(F)c(F)c2F)cc(C(F)(F)F)c1. The largest absolute Gasteiger partial charge is 0.416 e. The maximum atomic E-state index is 14.6. The molecule has 0 aliphatic heterocycles. The van der Waals surface area contributed by atoms with E-state index >= 15 is 0 Å². The minimum Gasteiger partial charge on any atom is -0.204 e. The number of halogens is 13. The lowest BCUT2D eigenvalue weighted by molar-refractivity contribution is -0.137. The van der Waals surface area contributed by atoms with Crippen molar-refractivity contribution < 1.29 is 57.1 Å². The minimum absolute atomic E-state index is 0.0216. The highest BCUT2D eigenvalue weighted by atomic mass is 19.4. The first-order valence-corrected chi connectivity index (χ1v) is 8.80. The van der Waals surface area contributed by atoms with Crippen LogP contribution >= 0.6 is 0 Å². The molecule has 0 radical (unpaired) electrons. The standard InChI is InChI=1S/C20H6BF13/c1-5-2-6(20(32,33)34)4-7(3-5)21(8-10(22)14(26)18(30)15(27)11(8)23)9-12(24)16(28)19(31)17(29)13(9)25/h2-4H,1H3.